The molecular formula is C13H18O7. The Bertz CT molecular complexity index is 320. The maximum atomic E-state index is 10.1. The van der Waals surface area contributed by atoms with Gasteiger partial charge in [0.15, 0.2) is 0 Å². The second kappa shape index (κ2) is 12.9. The Labute approximate surface area is 117 Å². The number of ether oxygens (including phenoxy) is 4. The smallest absolute Gasteiger partial charge is 0.307 e. The first-order valence-corrected chi connectivity index (χ1v) is 5.39. The third-order valence-corrected chi connectivity index (χ3v) is 1.08. The van der Waals surface area contributed by atoms with Gasteiger partial charge < -0.3 is 18.9 Å². The van der Waals surface area contributed by atoms with E-state index in [0.29, 0.717) is 5.76 Å². The number of carbonyl (C=O) groups excluding carboxylic acids is 3. The molecular weight excluding hydrogens is 268 g/mol. The number of hydrogen-bond donors (Lipinski definition) is 0. The molecule has 0 aromatic heterocycles. The Hall–Kier alpha value is -2.57. The van der Waals surface area contributed by atoms with Crippen molar-refractivity contribution in [1.82, 2.24) is 0 Å². The van der Waals surface area contributed by atoms with Crippen LogP contribution in [-0.4, -0.2) is 17.9 Å². The molecule has 112 valence electrons. The summed E-state index contributed by atoms with van der Waals surface area (Å²) in [5.74, 6) is -0.739. The zero-order chi connectivity index (χ0) is 16.0. The lowest BCUT2D eigenvalue weighted by Gasteiger charge is -1.94. The number of rotatable bonds is 5. The highest BCUT2D eigenvalue weighted by molar-refractivity contribution is 5.67. The van der Waals surface area contributed by atoms with Crippen molar-refractivity contribution >= 4 is 17.9 Å². The predicted molar refractivity (Wildman–Crippen MR) is 69.5 cm³/mol. The Morgan fingerprint density at radius 1 is 0.650 bits per heavy atom. The van der Waals surface area contributed by atoms with E-state index in [9.17, 15) is 14.4 Å². The van der Waals surface area contributed by atoms with Crippen molar-refractivity contribution in [2.24, 2.45) is 0 Å². The van der Waals surface area contributed by atoms with Gasteiger partial charge in [-0.3, -0.25) is 14.4 Å². The van der Waals surface area contributed by atoms with E-state index in [2.05, 4.69) is 20.8 Å². The van der Waals surface area contributed by atoms with E-state index in [-0.39, 0.29) is 5.97 Å². The van der Waals surface area contributed by atoms with Crippen molar-refractivity contribution in [3.05, 3.63) is 37.4 Å². The number of carbonyl (C=O) groups is 3. The van der Waals surface area contributed by atoms with Crippen LogP contribution in [0.15, 0.2) is 37.4 Å². The summed E-state index contributed by atoms with van der Waals surface area (Å²) in [6.45, 7) is 8.96. The topological polar surface area (TPSA) is 88.1 Å². The molecule has 0 bridgehead atoms. The molecule has 0 aliphatic rings. The van der Waals surface area contributed by atoms with Gasteiger partial charge in [-0.15, -0.1) is 0 Å². The van der Waals surface area contributed by atoms with Crippen molar-refractivity contribution in [3.8, 4) is 0 Å². The summed E-state index contributed by atoms with van der Waals surface area (Å²) < 4.78 is 17.7. The SMILES string of the molecule is C=C(C)O/C=C\OC(C)=O.CC(=O)O/C=C/OC(C)=O. The molecule has 0 aliphatic heterocycles. The Morgan fingerprint density at radius 3 is 1.10 bits per heavy atom. The summed E-state index contributed by atoms with van der Waals surface area (Å²) in [5.41, 5.74) is 0. The summed E-state index contributed by atoms with van der Waals surface area (Å²) in [5, 5.41) is 0. The molecule has 0 saturated carbocycles. The van der Waals surface area contributed by atoms with E-state index in [1.807, 2.05) is 0 Å². The third-order valence-electron chi connectivity index (χ3n) is 1.08. The molecule has 0 heterocycles. The molecule has 0 rings (SSSR count). The van der Waals surface area contributed by atoms with Crippen LogP contribution in [0, 0.1) is 0 Å². The van der Waals surface area contributed by atoms with Crippen LogP contribution in [0.4, 0.5) is 0 Å². The highest BCUT2D eigenvalue weighted by Crippen LogP contribution is 1.90. The first-order valence-electron chi connectivity index (χ1n) is 5.39. The van der Waals surface area contributed by atoms with Gasteiger partial charge in [0.1, 0.15) is 25.0 Å². The lowest BCUT2D eigenvalue weighted by molar-refractivity contribution is -0.138. The number of hydrogen-bond acceptors (Lipinski definition) is 7. The van der Waals surface area contributed by atoms with Gasteiger partial charge in [-0.1, -0.05) is 6.58 Å². The molecule has 0 fully saturated rings. The Morgan fingerprint density at radius 2 is 0.900 bits per heavy atom. The molecule has 0 aromatic carbocycles. The summed E-state index contributed by atoms with van der Waals surface area (Å²) in [7, 11) is 0. The van der Waals surface area contributed by atoms with Crippen molar-refractivity contribution in [3.63, 3.8) is 0 Å². The lowest BCUT2D eigenvalue weighted by Crippen LogP contribution is -1.93. The van der Waals surface area contributed by atoms with Gasteiger partial charge >= 0.3 is 17.9 Å². The molecule has 0 spiro atoms. The standard InChI is InChI=1S/C7H10O3.C6H8O4/c1-6(2)9-4-5-10-7(3)8;1-5(7)9-3-4-10-6(2)8/h4-5H,1H2,2-3H3;3-4H,1-2H3/b5-4-;4-3+. The molecule has 0 saturated heterocycles. The summed E-state index contributed by atoms with van der Waals surface area (Å²) in [4.78, 5) is 30.3. The molecule has 0 unspecified atom stereocenters. The van der Waals surface area contributed by atoms with Crippen LogP contribution in [0.1, 0.15) is 27.7 Å². The molecule has 7 heteroatoms. The van der Waals surface area contributed by atoms with Crippen LogP contribution in [0.3, 0.4) is 0 Å². The minimum Gasteiger partial charge on any atom is -0.467 e. The lowest BCUT2D eigenvalue weighted by atomic mass is 10.7. The fourth-order valence-corrected chi connectivity index (χ4v) is 0.515. The molecule has 0 atom stereocenters. The fraction of sp³-hybridized carbons (Fsp3) is 0.308. The van der Waals surface area contributed by atoms with Crippen LogP contribution in [0.5, 0.6) is 0 Å². The summed E-state index contributed by atoms with van der Waals surface area (Å²) in [6, 6.07) is 0. The first kappa shape index (κ1) is 19.8. The van der Waals surface area contributed by atoms with Crippen molar-refractivity contribution in [1.29, 1.82) is 0 Å². The minimum absolute atomic E-state index is 0.374. The third kappa shape index (κ3) is 24.6. The highest BCUT2D eigenvalue weighted by atomic mass is 16.6. The predicted octanol–water partition coefficient (Wildman–Crippen LogP) is 2.15. The maximum absolute atomic E-state index is 10.1. The second-order valence-electron chi connectivity index (χ2n) is 3.19. The molecule has 20 heavy (non-hydrogen) atoms. The molecule has 0 amide bonds. The highest BCUT2D eigenvalue weighted by Gasteiger charge is 1.87. The molecule has 0 aliphatic carbocycles. The fourth-order valence-electron chi connectivity index (χ4n) is 0.515. The van der Waals surface area contributed by atoms with Crippen LogP contribution >= 0.6 is 0 Å². The van der Waals surface area contributed by atoms with Crippen LogP contribution in [0.2, 0.25) is 0 Å². The van der Waals surface area contributed by atoms with Crippen molar-refractivity contribution in [2.45, 2.75) is 27.7 Å². The monoisotopic (exact) mass is 286 g/mol. The molecule has 0 aromatic rings. The van der Waals surface area contributed by atoms with Gasteiger partial charge in [-0.25, -0.2) is 0 Å². The summed E-state index contributed by atoms with van der Waals surface area (Å²) in [6.07, 6.45) is 4.42. The van der Waals surface area contributed by atoms with Gasteiger partial charge in [0.05, 0.1) is 5.76 Å². The van der Waals surface area contributed by atoms with E-state index in [0.717, 1.165) is 18.8 Å². The van der Waals surface area contributed by atoms with Gasteiger partial charge in [0.25, 0.3) is 0 Å². The molecule has 0 N–H and O–H groups in total. The number of esters is 3. The zero-order valence-electron chi connectivity index (χ0n) is 11.9. The Kier molecular flexibility index (Phi) is 12.7. The van der Waals surface area contributed by atoms with Crippen molar-refractivity contribution < 1.29 is 33.3 Å². The second-order valence-corrected chi connectivity index (χ2v) is 3.19. The van der Waals surface area contributed by atoms with Gasteiger partial charge in [0, 0.05) is 20.8 Å². The van der Waals surface area contributed by atoms with E-state index in [4.69, 9.17) is 4.74 Å². The van der Waals surface area contributed by atoms with E-state index < -0.39 is 11.9 Å². The van der Waals surface area contributed by atoms with Crippen molar-refractivity contribution in [2.75, 3.05) is 0 Å². The zero-order valence-corrected chi connectivity index (χ0v) is 11.9. The maximum Gasteiger partial charge on any atom is 0.307 e. The molecule has 7 nitrogen and oxygen atoms in total. The van der Waals surface area contributed by atoms with Crippen LogP contribution < -0.4 is 0 Å². The van der Waals surface area contributed by atoms with E-state index in [1.54, 1.807) is 6.92 Å². The van der Waals surface area contributed by atoms with E-state index >= 15 is 0 Å². The molecule has 0 radical (unpaired) electrons. The Balaban J connectivity index is 0. The van der Waals surface area contributed by atoms with Crippen LogP contribution in [0.25, 0.3) is 0 Å². The largest absolute Gasteiger partial charge is 0.467 e. The normalized spacial score (nSPS) is 9.40. The van der Waals surface area contributed by atoms with E-state index in [1.165, 1.54) is 27.0 Å². The average Bonchev–Trinajstić information content (AvgIpc) is 2.30. The van der Waals surface area contributed by atoms with Crippen LogP contribution in [-0.2, 0) is 33.3 Å². The summed E-state index contributed by atoms with van der Waals surface area (Å²) >= 11 is 0. The van der Waals surface area contributed by atoms with Gasteiger partial charge in [-0.05, 0) is 6.92 Å². The van der Waals surface area contributed by atoms with Gasteiger partial charge in [0.2, 0.25) is 0 Å². The average molecular weight is 286 g/mol. The van der Waals surface area contributed by atoms with Gasteiger partial charge in [-0.2, -0.15) is 0 Å². The first-order chi connectivity index (χ1) is 9.25. The quantitative estimate of drug-likeness (QED) is 0.434. The number of allylic oxidation sites excluding steroid dienone is 1. The minimum atomic E-state index is -0.455.